The fraction of sp³-hybridized carbons (Fsp3) is 0.200. The van der Waals surface area contributed by atoms with Gasteiger partial charge in [-0.2, -0.15) is 13.2 Å². The van der Waals surface area contributed by atoms with Gasteiger partial charge < -0.3 is 11.1 Å². The maximum Gasteiger partial charge on any atom is 0.471 e. The van der Waals surface area contributed by atoms with Crippen LogP contribution in [-0.2, 0) is 11.3 Å². The highest BCUT2D eigenvalue weighted by Gasteiger charge is 2.38. The Bertz CT molecular complexity index is 426. The zero-order valence-corrected chi connectivity index (χ0v) is 8.54. The molecule has 0 aromatic heterocycles. The number of benzene rings is 1. The summed E-state index contributed by atoms with van der Waals surface area (Å²) in [5.74, 6) is -2.63. The van der Waals surface area contributed by atoms with E-state index < -0.39 is 18.0 Å². The summed E-state index contributed by atoms with van der Waals surface area (Å²) in [6, 6.07) is 5.57. The van der Waals surface area contributed by atoms with Crippen LogP contribution in [0.15, 0.2) is 24.3 Å². The molecule has 0 atom stereocenters. The molecule has 0 unspecified atom stereocenters. The monoisotopic (exact) mass is 246 g/mol. The first-order valence-corrected chi connectivity index (χ1v) is 4.54. The van der Waals surface area contributed by atoms with Crippen molar-refractivity contribution < 1.29 is 22.8 Å². The van der Waals surface area contributed by atoms with Crippen LogP contribution in [0.1, 0.15) is 15.9 Å². The van der Waals surface area contributed by atoms with E-state index in [0.717, 1.165) is 0 Å². The lowest BCUT2D eigenvalue weighted by Crippen LogP contribution is -2.36. The van der Waals surface area contributed by atoms with Gasteiger partial charge in [0.05, 0.1) is 0 Å². The Morgan fingerprint density at radius 3 is 2.12 bits per heavy atom. The molecule has 2 amide bonds. The molecule has 1 rings (SSSR count). The smallest absolute Gasteiger partial charge is 0.366 e. The van der Waals surface area contributed by atoms with Crippen molar-refractivity contribution in [3.8, 4) is 0 Å². The molecular weight excluding hydrogens is 237 g/mol. The van der Waals surface area contributed by atoms with Gasteiger partial charge in [0.2, 0.25) is 5.91 Å². The number of halogens is 3. The molecule has 0 saturated heterocycles. The van der Waals surface area contributed by atoms with Crippen molar-refractivity contribution in [3.05, 3.63) is 35.4 Å². The molecule has 3 N–H and O–H groups in total. The van der Waals surface area contributed by atoms with Gasteiger partial charge in [0.25, 0.3) is 0 Å². The van der Waals surface area contributed by atoms with E-state index in [0.29, 0.717) is 5.56 Å². The highest BCUT2D eigenvalue weighted by molar-refractivity contribution is 5.92. The molecule has 7 heteroatoms. The number of nitrogens with two attached hydrogens (primary N) is 1. The summed E-state index contributed by atoms with van der Waals surface area (Å²) >= 11 is 0. The second-order valence-electron chi connectivity index (χ2n) is 3.24. The number of primary amides is 1. The van der Waals surface area contributed by atoms with E-state index in [1.807, 2.05) is 0 Å². The molecule has 0 spiro atoms. The summed E-state index contributed by atoms with van der Waals surface area (Å²) in [4.78, 5) is 21.2. The van der Waals surface area contributed by atoms with E-state index in [1.54, 1.807) is 5.32 Å². The van der Waals surface area contributed by atoms with Crippen molar-refractivity contribution >= 4 is 11.8 Å². The first kappa shape index (κ1) is 13.0. The Kier molecular flexibility index (Phi) is 3.72. The second kappa shape index (κ2) is 4.86. The molecule has 92 valence electrons. The summed E-state index contributed by atoms with van der Waals surface area (Å²) in [7, 11) is 0. The molecular formula is C10H9F3N2O2. The molecule has 0 heterocycles. The Morgan fingerprint density at radius 1 is 1.18 bits per heavy atom. The van der Waals surface area contributed by atoms with Gasteiger partial charge in [-0.25, -0.2) is 0 Å². The van der Waals surface area contributed by atoms with Crippen LogP contribution in [-0.4, -0.2) is 18.0 Å². The minimum absolute atomic E-state index is 0.246. The first-order valence-electron chi connectivity index (χ1n) is 4.54. The minimum Gasteiger partial charge on any atom is -0.366 e. The van der Waals surface area contributed by atoms with Gasteiger partial charge in [-0.3, -0.25) is 9.59 Å². The van der Waals surface area contributed by atoms with Crippen LogP contribution in [0.2, 0.25) is 0 Å². The van der Waals surface area contributed by atoms with Crippen LogP contribution in [0.25, 0.3) is 0 Å². The lowest BCUT2D eigenvalue weighted by Gasteiger charge is -2.07. The Labute approximate surface area is 94.6 Å². The van der Waals surface area contributed by atoms with Crippen LogP contribution in [0, 0.1) is 0 Å². The van der Waals surface area contributed by atoms with Crippen LogP contribution in [0.3, 0.4) is 0 Å². The van der Waals surface area contributed by atoms with E-state index in [2.05, 4.69) is 0 Å². The first-order chi connectivity index (χ1) is 7.80. The number of hydrogen-bond acceptors (Lipinski definition) is 2. The number of amides is 2. The number of alkyl halides is 3. The number of rotatable bonds is 3. The maximum absolute atomic E-state index is 11.8. The Balaban J connectivity index is 2.59. The summed E-state index contributed by atoms with van der Waals surface area (Å²) in [5.41, 5.74) is 5.67. The number of carbonyl (C=O) groups excluding carboxylic acids is 2. The normalized spacial score (nSPS) is 11.0. The summed E-state index contributed by atoms with van der Waals surface area (Å²) < 4.78 is 35.5. The SMILES string of the molecule is NC(=O)c1ccc(CNC(=O)C(F)(F)F)cc1. The highest BCUT2D eigenvalue weighted by atomic mass is 19.4. The zero-order valence-electron chi connectivity index (χ0n) is 8.54. The third kappa shape index (κ3) is 3.78. The van der Waals surface area contributed by atoms with Crippen molar-refractivity contribution in [1.82, 2.24) is 5.32 Å². The van der Waals surface area contributed by atoms with Gasteiger partial charge in [0.1, 0.15) is 0 Å². The fourth-order valence-electron chi connectivity index (χ4n) is 1.07. The summed E-state index contributed by atoms with van der Waals surface area (Å²) in [6.07, 6.45) is -4.90. The van der Waals surface area contributed by atoms with Crippen molar-refractivity contribution in [2.45, 2.75) is 12.7 Å². The van der Waals surface area contributed by atoms with Gasteiger partial charge in [0.15, 0.2) is 0 Å². The van der Waals surface area contributed by atoms with E-state index >= 15 is 0 Å². The molecule has 0 aliphatic rings. The van der Waals surface area contributed by atoms with Gasteiger partial charge in [0, 0.05) is 12.1 Å². The number of hydrogen-bond donors (Lipinski definition) is 2. The Hall–Kier alpha value is -2.05. The van der Waals surface area contributed by atoms with E-state index in [-0.39, 0.29) is 12.1 Å². The quantitative estimate of drug-likeness (QED) is 0.833. The molecule has 0 aliphatic carbocycles. The van der Waals surface area contributed by atoms with Gasteiger partial charge in [-0.15, -0.1) is 0 Å². The summed E-state index contributed by atoms with van der Waals surface area (Å²) in [6.45, 7) is -0.266. The fourth-order valence-corrected chi connectivity index (χ4v) is 1.07. The topological polar surface area (TPSA) is 72.2 Å². The molecule has 1 aromatic carbocycles. The number of carbonyl (C=O) groups is 2. The average Bonchev–Trinajstić information content (AvgIpc) is 2.25. The lowest BCUT2D eigenvalue weighted by molar-refractivity contribution is -0.173. The van der Waals surface area contributed by atoms with Crippen molar-refractivity contribution in [3.63, 3.8) is 0 Å². The van der Waals surface area contributed by atoms with E-state index in [4.69, 9.17) is 5.73 Å². The average molecular weight is 246 g/mol. The molecule has 0 aliphatic heterocycles. The van der Waals surface area contributed by atoms with Crippen LogP contribution >= 0.6 is 0 Å². The third-order valence-electron chi connectivity index (χ3n) is 1.95. The predicted molar refractivity (Wildman–Crippen MR) is 52.9 cm³/mol. The Morgan fingerprint density at radius 2 is 1.71 bits per heavy atom. The standard InChI is InChI=1S/C10H9F3N2O2/c11-10(12,13)9(17)15-5-6-1-3-7(4-2-6)8(14)16/h1-4H,5H2,(H2,14,16)(H,15,17). The van der Waals surface area contributed by atoms with Gasteiger partial charge >= 0.3 is 12.1 Å². The lowest BCUT2D eigenvalue weighted by atomic mass is 10.1. The number of nitrogens with one attached hydrogen (secondary N) is 1. The highest BCUT2D eigenvalue weighted by Crippen LogP contribution is 2.14. The molecule has 1 aromatic rings. The van der Waals surface area contributed by atoms with Crippen LogP contribution < -0.4 is 11.1 Å². The second-order valence-corrected chi connectivity index (χ2v) is 3.24. The largest absolute Gasteiger partial charge is 0.471 e. The molecule has 4 nitrogen and oxygen atoms in total. The predicted octanol–water partition coefficient (Wildman–Crippen LogP) is 0.964. The van der Waals surface area contributed by atoms with Crippen molar-refractivity contribution in [1.29, 1.82) is 0 Å². The van der Waals surface area contributed by atoms with E-state index in [1.165, 1.54) is 24.3 Å². The summed E-state index contributed by atoms with van der Waals surface area (Å²) in [5, 5.41) is 1.71. The van der Waals surface area contributed by atoms with Crippen molar-refractivity contribution in [2.75, 3.05) is 0 Å². The molecule has 0 radical (unpaired) electrons. The van der Waals surface area contributed by atoms with Crippen LogP contribution in [0.4, 0.5) is 13.2 Å². The van der Waals surface area contributed by atoms with Gasteiger partial charge in [-0.05, 0) is 17.7 Å². The molecule has 0 fully saturated rings. The van der Waals surface area contributed by atoms with Crippen LogP contribution in [0.5, 0.6) is 0 Å². The zero-order chi connectivity index (χ0) is 13.1. The minimum atomic E-state index is -4.90. The molecule has 0 saturated carbocycles. The van der Waals surface area contributed by atoms with Crippen molar-refractivity contribution in [2.24, 2.45) is 5.73 Å². The van der Waals surface area contributed by atoms with E-state index in [9.17, 15) is 22.8 Å². The maximum atomic E-state index is 11.8. The third-order valence-corrected chi connectivity index (χ3v) is 1.95. The van der Waals surface area contributed by atoms with Gasteiger partial charge in [-0.1, -0.05) is 12.1 Å². The molecule has 0 bridgehead atoms. The molecule has 17 heavy (non-hydrogen) atoms.